The zero-order chi connectivity index (χ0) is 23.6. The van der Waals surface area contributed by atoms with Gasteiger partial charge in [0, 0.05) is 17.5 Å². The largest absolute Gasteiger partial charge is 0.493 e. The van der Waals surface area contributed by atoms with Gasteiger partial charge in [0.25, 0.3) is 5.91 Å². The molecule has 170 valence electrons. The van der Waals surface area contributed by atoms with Gasteiger partial charge in [-0.2, -0.15) is 0 Å². The third kappa shape index (κ3) is 6.43. The van der Waals surface area contributed by atoms with Crippen LogP contribution in [0.15, 0.2) is 72.8 Å². The van der Waals surface area contributed by atoms with E-state index in [1.54, 1.807) is 74.9 Å². The molecular formula is C26H25NO6. The highest BCUT2D eigenvalue weighted by Gasteiger charge is 2.16. The summed E-state index contributed by atoms with van der Waals surface area (Å²) in [6.45, 7) is -0.446. The number of hydrogen-bond donors (Lipinski definition) is 1. The summed E-state index contributed by atoms with van der Waals surface area (Å²) in [5.74, 6) is -0.0623. The molecular weight excluding hydrogens is 422 g/mol. The minimum absolute atomic E-state index is 0.103. The first-order valence-corrected chi connectivity index (χ1v) is 10.4. The molecule has 3 rings (SSSR count). The molecule has 0 radical (unpaired) electrons. The van der Waals surface area contributed by atoms with Crippen molar-refractivity contribution in [3.63, 3.8) is 0 Å². The summed E-state index contributed by atoms with van der Waals surface area (Å²) in [6.07, 6.45) is 0.529. The lowest BCUT2D eigenvalue weighted by Gasteiger charge is -2.11. The van der Waals surface area contributed by atoms with E-state index in [-0.39, 0.29) is 12.2 Å². The predicted octanol–water partition coefficient (Wildman–Crippen LogP) is 4.05. The van der Waals surface area contributed by atoms with Gasteiger partial charge in [0.15, 0.2) is 23.9 Å². The summed E-state index contributed by atoms with van der Waals surface area (Å²) in [6, 6.07) is 20.9. The fourth-order valence-electron chi connectivity index (χ4n) is 3.22. The molecule has 0 fully saturated rings. The molecule has 0 spiro atoms. The van der Waals surface area contributed by atoms with Crippen molar-refractivity contribution in [1.29, 1.82) is 0 Å². The van der Waals surface area contributed by atoms with Crippen LogP contribution in [-0.2, 0) is 20.7 Å². The van der Waals surface area contributed by atoms with Crippen LogP contribution in [0.25, 0.3) is 0 Å². The van der Waals surface area contributed by atoms with Gasteiger partial charge in [-0.3, -0.25) is 14.4 Å². The molecule has 0 saturated heterocycles. The Morgan fingerprint density at radius 2 is 1.52 bits per heavy atom. The molecule has 1 amide bonds. The van der Waals surface area contributed by atoms with Crippen LogP contribution in [-0.4, -0.2) is 38.5 Å². The van der Waals surface area contributed by atoms with E-state index in [1.165, 1.54) is 0 Å². The van der Waals surface area contributed by atoms with E-state index in [9.17, 15) is 14.4 Å². The van der Waals surface area contributed by atoms with Crippen LogP contribution in [0.1, 0.15) is 27.9 Å². The lowest BCUT2D eigenvalue weighted by molar-refractivity contribution is -0.147. The Morgan fingerprint density at radius 1 is 0.818 bits per heavy atom. The maximum atomic E-state index is 12.8. The molecule has 0 atom stereocenters. The summed E-state index contributed by atoms with van der Waals surface area (Å²) in [4.78, 5) is 37.2. The Morgan fingerprint density at radius 3 is 2.24 bits per heavy atom. The Kier molecular flexibility index (Phi) is 8.18. The summed E-state index contributed by atoms with van der Waals surface area (Å²) >= 11 is 0. The van der Waals surface area contributed by atoms with E-state index < -0.39 is 18.5 Å². The normalized spacial score (nSPS) is 10.2. The van der Waals surface area contributed by atoms with Crippen molar-refractivity contribution < 1.29 is 28.6 Å². The zero-order valence-electron chi connectivity index (χ0n) is 18.5. The van der Waals surface area contributed by atoms with Crippen molar-refractivity contribution in [2.24, 2.45) is 0 Å². The smallest absolute Gasteiger partial charge is 0.306 e. The van der Waals surface area contributed by atoms with Gasteiger partial charge in [-0.25, -0.2) is 0 Å². The highest BCUT2D eigenvalue weighted by molar-refractivity contribution is 6.13. The second kappa shape index (κ2) is 11.5. The number of amides is 1. The van der Waals surface area contributed by atoms with Gasteiger partial charge >= 0.3 is 5.97 Å². The number of carbonyl (C=O) groups is 3. The number of carbonyl (C=O) groups excluding carboxylic acids is 3. The number of aryl methyl sites for hydroxylation is 1. The molecule has 0 saturated carbocycles. The van der Waals surface area contributed by atoms with E-state index in [2.05, 4.69) is 5.32 Å². The number of ether oxygens (including phenoxy) is 3. The Balaban J connectivity index is 1.53. The molecule has 3 aromatic carbocycles. The van der Waals surface area contributed by atoms with Crippen LogP contribution >= 0.6 is 0 Å². The van der Waals surface area contributed by atoms with Crippen molar-refractivity contribution in [1.82, 2.24) is 0 Å². The van der Waals surface area contributed by atoms with Crippen molar-refractivity contribution in [3.8, 4) is 11.5 Å². The van der Waals surface area contributed by atoms with Crippen LogP contribution in [0, 0.1) is 0 Å². The van der Waals surface area contributed by atoms with E-state index in [0.29, 0.717) is 34.7 Å². The zero-order valence-corrected chi connectivity index (χ0v) is 18.5. The number of anilines is 1. The predicted molar refractivity (Wildman–Crippen MR) is 124 cm³/mol. The minimum atomic E-state index is -0.525. The molecule has 33 heavy (non-hydrogen) atoms. The van der Waals surface area contributed by atoms with Crippen LogP contribution in [0.5, 0.6) is 11.5 Å². The number of para-hydroxylation sites is 1. The first kappa shape index (κ1) is 23.5. The molecule has 0 aliphatic heterocycles. The highest BCUT2D eigenvalue weighted by atomic mass is 16.5. The summed E-state index contributed by atoms with van der Waals surface area (Å²) < 4.78 is 15.5. The van der Waals surface area contributed by atoms with Gasteiger partial charge in [0.1, 0.15) is 0 Å². The maximum absolute atomic E-state index is 12.8. The van der Waals surface area contributed by atoms with Crippen LogP contribution in [0.3, 0.4) is 0 Å². The van der Waals surface area contributed by atoms with E-state index in [0.717, 1.165) is 5.56 Å². The van der Waals surface area contributed by atoms with Gasteiger partial charge in [-0.05, 0) is 36.2 Å². The van der Waals surface area contributed by atoms with Crippen molar-refractivity contribution in [2.45, 2.75) is 12.8 Å². The Bertz CT molecular complexity index is 1130. The van der Waals surface area contributed by atoms with E-state index in [4.69, 9.17) is 14.2 Å². The van der Waals surface area contributed by atoms with Crippen LogP contribution < -0.4 is 14.8 Å². The number of ketones is 1. The molecule has 1 N–H and O–H groups in total. The van der Waals surface area contributed by atoms with Crippen molar-refractivity contribution in [3.05, 3.63) is 89.5 Å². The summed E-state index contributed by atoms with van der Waals surface area (Å²) in [7, 11) is 3.09. The van der Waals surface area contributed by atoms with Crippen molar-refractivity contribution >= 4 is 23.3 Å². The Labute approximate surface area is 192 Å². The Hall–Kier alpha value is -4.13. The molecule has 0 aliphatic carbocycles. The van der Waals surface area contributed by atoms with Gasteiger partial charge in [-0.15, -0.1) is 0 Å². The molecule has 0 aromatic heterocycles. The maximum Gasteiger partial charge on any atom is 0.306 e. The topological polar surface area (TPSA) is 90.9 Å². The quantitative estimate of drug-likeness (QED) is 0.372. The average molecular weight is 447 g/mol. The average Bonchev–Trinajstić information content (AvgIpc) is 2.86. The molecule has 7 heteroatoms. The molecule has 0 heterocycles. The molecule has 7 nitrogen and oxygen atoms in total. The number of rotatable bonds is 10. The summed E-state index contributed by atoms with van der Waals surface area (Å²) in [5.41, 5.74) is 2.11. The third-order valence-electron chi connectivity index (χ3n) is 4.91. The lowest BCUT2D eigenvalue weighted by atomic mass is 10.0. The van der Waals surface area contributed by atoms with Crippen LogP contribution in [0.4, 0.5) is 5.69 Å². The molecule has 0 unspecified atom stereocenters. The minimum Gasteiger partial charge on any atom is -0.493 e. The number of benzene rings is 3. The van der Waals surface area contributed by atoms with E-state index in [1.807, 2.05) is 12.1 Å². The van der Waals surface area contributed by atoms with E-state index >= 15 is 0 Å². The number of nitrogens with one attached hydrogen (secondary N) is 1. The number of hydrogen-bond acceptors (Lipinski definition) is 6. The monoisotopic (exact) mass is 447 g/mol. The van der Waals surface area contributed by atoms with Gasteiger partial charge in [0.2, 0.25) is 0 Å². The van der Waals surface area contributed by atoms with Gasteiger partial charge < -0.3 is 19.5 Å². The summed E-state index contributed by atoms with van der Waals surface area (Å²) in [5, 5.41) is 2.65. The van der Waals surface area contributed by atoms with Gasteiger partial charge in [-0.1, -0.05) is 48.5 Å². The lowest BCUT2D eigenvalue weighted by Crippen LogP contribution is -2.22. The fourth-order valence-corrected chi connectivity index (χ4v) is 3.22. The standard InChI is InChI=1S/C26H25NO6/c1-31-22-14-12-18(16-23(22)32-2)13-15-25(29)33-17-24(28)27-21-11-7-6-10-20(21)26(30)19-8-4-3-5-9-19/h3-12,14,16H,13,15,17H2,1-2H3,(H,27,28). The van der Waals surface area contributed by atoms with Crippen molar-refractivity contribution in [2.75, 3.05) is 26.1 Å². The fraction of sp³-hybridized carbons (Fsp3) is 0.192. The first-order chi connectivity index (χ1) is 16.0. The SMILES string of the molecule is COc1ccc(CCC(=O)OCC(=O)Nc2ccccc2C(=O)c2ccccc2)cc1OC. The first-order valence-electron chi connectivity index (χ1n) is 10.4. The molecule has 0 bridgehead atoms. The van der Waals surface area contributed by atoms with Gasteiger partial charge in [0.05, 0.1) is 19.9 Å². The third-order valence-corrected chi connectivity index (χ3v) is 4.91. The van der Waals surface area contributed by atoms with Crippen LogP contribution in [0.2, 0.25) is 0 Å². The molecule has 0 aliphatic rings. The second-order valence-corrected chi connectivity index (χ2v) is 7.14. The number of esters is 1. The molecule has 3 aromatic rings. The number of methoxy groups -OCH3 is 2. The highest BCUT2D eigenvalue weighted by Crippen LogP contribution is 2.28. The second-order valence-electron chi connectivity index (χ2n) is 7.14.